The fourth-order valence-electron chi connectivity index (χ4n) is 3.10. The summed E-state index contributed by atoms with van der Waals surface area (Å²) in [5.41, 5.74) is 1.01. The largest absolute Gasteiger partial charge is 0.624 e. The molecule has 24 heavy (non-hydrogen) atoms. The van der Waals surface area contributed by atoms with E-state index < -0.39 is 10.0 Å². The minimum absolute atomic E-state index is 0.254. The van der Waals surface area contributed by atoms with Gasteiger partial charge < -0.3 is 5.21 Å². The third-order valence-electron chi connectivity index (χ3n) is 4.56. The monoisotopic (exact) mass is 352 g/mol. The van der Waals surface area contributed by atoms with E-state index in [0.717, 1.165) is 48.8 Å². The number of nitrogens with one attached hydrogen (secondary N) is 1. The molecule has 1 aliphatic rings. The number of hydroxylamine groups is 1. The van der Waals surface area contributed by atoms with Crippen molar-refractivity contribution in [3.63, 3.8) is 0 Å². The van der Waals surface area contributed by atoms with Gasteiger partial charge in [0.25, 0.3) is 0 Å². The van der Waals surface area contributed by atoms with Crippen molar-refractivity contribution in [3.05, 3.63) is 35.0 Å². The lowest BCUT2D eigenvalue weighted by atomic mass is 9.91. The summed E-state index contributed by atoms with van der Waals surface area (Å²) in [6.07, 6.45) is 7.78. The molecule has 0 spiro atoms. The Labute approximate surface area is 145 Å². The number of hydrogen-bond acceptors (Lipinski definition) is 3. The van der Waals surface area contributed by atoms with Crippen molar-refractivity contribution in [2.24, 2.45) is 0 Å². The molecule has 134 valence electrons. The highest BCUT2D eigenvalue weighted by Crippen LogP contribution is 2.23. The standard InChI is InChI=1S/C18H28N2O3S/c1-3-4-7-14-20(21)18-9-6-5-8-17(18)19-24(22,23)16-12-10-15(2)11-13-16/h10-14,17-19H,3-9H2,1-2H3/b20-14-/t17-,18-/m1/s1. The molecule has 1 aromatic carbocycles. The van der Waals surface area contributed by atoms with E-state index in [1.807, 2.05) is 6.92 Å². The first-order chi connectivity index (χ1) is 11.4. The molecule has 0 heterocycles. The van der Waals surface area contributed by atoms with Crippen molar-refractivity contribution < 1.29 is 13.2 Å². The molecule has 1 N–H and O–H groups in total. The third kappa shape index (κ3) is 5.05. The maximum absolute atomic E-state index is 12.6. The number of aryl methyl sites for hydroxylation is 1. The molecule has 6 heteroatoms. The SMILES string of the molecule is CCCC/C=[N+](\[O-])[C@@H]1CCCC[C@H]1NS(=O)(=O)c1ccc(C)cc1. The van der Waals surface area contributed by atoms with Crippen LogP contribution in [0.3, 0.4) is 0 Å². The van der Waals surface area contributed by atoms with Gasteiger partial charge in [0.15, 0.2) is 12.3 Å². The normalized spacial score (nSPS) is 22.5. The van der Waals surface area contributed by atoms with E-state index in [9.17, 15) is 13.6 Å². The molecule has 0 saturated heterocycles. The lowest BCUT2D eigenvalue weighted by Crippen LogP contribution is -2.49. The lowest BCUT2D eigenvalue weighted by molar-refractivity contribution is -0.505. The molecule has 1 aliphatic carbocycles. The maximum atomic E-state index is 12.6. The zero-order valence-electron chi connectivity index (χ0n) is 14.6. The molecule has 0 unspecified atom stereocenters. The summed E-state index contributed by atoms with van der Waals surface area (Å²) < 4.78 is 28.9. The predicted octanol–water partition coefficient (Wildman–Crippen LogP) is 3.36. The van der Waals surface area contributed by atoms with Crippen LogP contribution in [0.5, 0.6) is 0 Å². The second kappa shape index (κ2) is 8.62. The lowest BCUT2D eigenvalue weighted by Gasteiger charge is -2.30. The van der Waals surface area contributed by atoms with Crippen LogP contribution in [0.4, 0.5) is 0 Å². The van der Waals surface area contributed by atoms with Gasteiger partial charge >= 0.3 is 0 Å². The number of nitrogens with zero attached hydrogens (tertiary/aromatic N) is 1. The molecule has 1 aromatic rings. The summed E-state index contributed by atoms with van der Waals surface area (Å²) >= 11 is 0. The predicted molar refractivity (Wildman–Crippen MR) is 96.8 cm³/mol. The first-order valence-electron chi connectivity index (χ1n) is 8.82. The Bertz CT molecular complexity index is 653. The minimum atomic E-state index is -3.60. The molecular formula is C18H28N2O3S. The van der Waals surface area contributed by atoms with Gasteiger partial charge in [0.1, 0.15) is 0 Å². The van der Waals surface area contributed by atoms with E-state index in [1.54, 1.807) is 30.5 Å². The topological polar surface area (TPSA) is 72.2 Å². The summed E-state index contributed by atoms with van der Waals surface area (Å²) in [7, 11) is -3.60. The summed E-state index contributed by atoms with van der Waals surface area (Å²) in [5.74, 6) is 0. The van der Waals surface area contributed by atoms with Gasteiger partial charge in [-0.1, -0.05) is 37.5 Å². The first-order valence-corrected chi connectivity index (χ1v) is 10.3. The van der Waals surface area contributed by atoms with Crippen molar-refractivity contribution >= 4 is 16.2 Å². The fraction of sp³-hybridized carbons (Fsp3) is 0.611. The van der Waals surface area contributed by atoms with Crippen LogP contribution in [0.1, 0.15) is 57.4 Å². The van der Waals surface area contributed by atoms with Gasteiger partial charge in [-0.05, 0) is 38.3 Å². The minimum Gasteiger partial charge on any atom is -0.624 e. The van der Waals surface area contributed by atoms with Gasteiger partial charge in [-0.3, -0.25) is 0 Å². The van der Waals surface area contributed by atoms with Crippen LogP contribution >= 0.6 is 0 Å². The van der Waals surface area contributed by atoms with E-state index in [0.29, 0.717) is 6.42 Å². The number of benzene rings is 1. The molecule has 0 aromatic heterocycles. The van der Waals surface area contributed by atoms with E-state index >= 15 is 0 Å². The molecule has 2 atom stereocenters. The molecule has 0 radical (unpaired) electrons. The molecule has 2 rings (SSSR count). The highest BCUT2D eigenvalue weighted by atomic mass is 32.2. The van der Waals surface area contributed by atoms with Gasteiger partial charge in [0.2, 0.25) is 10.0 Å². The Hall–Kier alpha value is -1.40. The maximum Gasteiger partial charge on any atom is 0.241 e. The Balaban J connectivity index is 2.12. The molecule has 0 bridgehead atoms. The molecular weight excluding hydrogens is 324 g/mol. The quantitative estimate of drug-likeness (QED) is 0.269. The van der Waals surface area contributed by atoms with E-state index in [-0.39, 0.29) is 17.0 Å². The Kier molecular flexibility index (Phi) is 6.80. The van der Waals surface area contributed by atoms with Crippen molar-refractivity contribution in [3.8, 4) is 0 Å². The second-order valence-electron chi connectivity index (χ2n) is 6.58. The van der Waals surface area contributed by atoms with Crippen LogP contribution in [0.2, 0.25) is 0 Å². The van der Waals surface area contributed by atoms with Crippen LogP contribution in [0, 0.1) is 12.1 Å². The summed E-state index contributed by atoms with van der Waals surface area (Å²) in [4.78, 5) is 0.254. The van der Waals surface area contributed by atoms with E-state index in [2.05, 4.69) is 11.6 Å². The fourth-order valence-corrected chi connectivity index (χ4v) is 4.40. The van der Waals surface area contributed by atoms with Crippen molar-refractivity contribution in [2.45, 2.75) is 75.8 Å². The third-order valence-corrected chi connectivity index (χ3v) is 6.07. The van der Waals surface area contributed by atoms with E-state index in [1.165, 1.54) is 0 Å². The molecule has 1 fully saturated rings. The molecule has 1 saturated carbocycles. The van der Waals surface area contributed by atoms with Gasteiger partial charge in [-0.2, -0.15) is 0 Å². The number of unbranched alkanes of at least 4 members (excludes halogenated alkanes) is 2. The van der Waals surface area contributed by atoms with Crippen molar-refractivity contribution in [1.82, 2.24) is 4.72 Å². The van der Waals surface area contributed by atoms with Gasteiger partial charge in [-0.25, -0.2) is 17.9 Å². The smallest absolute Gasteiger partial charge is 0.241 e. The Morgan fingerprint density at radius 3 is 2.58 bits per heavy atom. The van der Waals surface area contributed by atoms with Crippen molar-refractivity contribution in [2.75, 3.05) is 0 Å². The number of rotatable bonds is 7. The molecule has 0 aliphatic heterocycles. The van der Waals surface area contributed by atoms with Gasteiger partial charge in [0, 0.05) is 12.8 Å². The number of sulfonamides is 1. The zero-order chi connectivity index (χ0) is 17.6. The van der Waals surface area contributed by atoms with Gasteiger partial charge in [-0.15, -0.1) is 0 Å². The van der Waals surface area contributed by atoms with Gasteiger partial charge in [0.05, 0.1) is 10.9 Å². The highest BCUT2D eigenvalue weighted by molar-refractivity contribution is 7.89. The van der Waals surface area contributed by atoms with Crippen LogP contribution in [0.15, 0.2) is 29.2 Å². The van der Waals surface area contributed by atoms with Crippen LogP contribution < -0.4 is 4.72 Å². The summed E-state index contributed by atoms with van der Waals surface area (Å²) in [6, 6.07) is 6.14. The van der Waals surface area contributed by atoms with Crippen LogP contribution in [0.25, 0.3) is 0 Å². The van der Waals surface area contributed by atoms with Crippen molar-refractivity contribution in [1.29, 1.82) is 0 Å². The summed E-state index contributed by atoms with van der Waals surface area (Å²) in [6.45, 7) is 4.00. The Morgan fingerprint density at radius 1 is 1.25 bits per heavy atom. The van der Waals surface area contributed by atoms with E-state index in [4.69, 9.17) is 0 Å². The highest BCUT2D eigenvalue weighted by Gasteiger charge is 2.34. The first kappa shape index (κ1) is 18.9. The van der Waals surface area contributed by atoms with Crippen LogP contribution in [-0.4, -0.2) is 31.5 Å². The Morgan fingerprint density at radius 2 is 1.92 bits per heavy atom. The average molecular weight is 353 g/mol. The average Bonchev–Trinajstić information content (AvgIpc) is 2.55. The molecule has 0 amide bonds. The number of hydrogen-bond donors (Lipinski definition) is 1. The second-order valence-corrected chi connectivity index (χ2v) is 8.29. The van der Waals surface area contributed by atoms with Crippen LogP contribution in [-0.2, 0) is 10.0 Å². The summed E-state index contributed by atoms with van der Waals surface area (Å²) in [5, 5.41) is 12.4. The molecule has 5 nitrogen and oxygen atoms in total. The zero-order valence-corrected chi connectivity index (χ0v) is 15.4.